The van der Waals surface area contributed by atoms with Gasteiger partial charge >= 0.3 is 0 Å². The first-order valence-corrected chi connectivity index (χ1v) is 10.5. The van der Waals surface area contributed by atoms with E-state index in [-0.39, 0.29) is 17.7 Å². The number of oxazole rings is 1. The minimum absolute atomic E-state index is 0.169. The van der Waals surface area contributed by atoms with Crippen LogP contribution in [0.15, 0.2) is 59.4 Å². The zero-order chi connectivity index (χ0) is 22.7. The quantitative estimate of drug-likeness (QED) is 0.484. The third-order valence-corrected chi connectivity index (χ3v) is 4.94. The predicted molar refractivity (Wildman–Crippen MR) is 121 cm³/mol. The molecule has 0 aliphatic heterocycles. The number of carbonyl (C=O) groups excluding carboxylic acids is 1. The number of nitrogens with one attached hydrogen (secondary N) is 1. The number of aryl methyl sites for hydroxylation is 2. The van der Waals surface area contributed by atoms with E-state index in [4.69, 9.17) is 4.42 Å². The number of hydrogen-bond acceptors (Lipinski definition) is 6. The number of amides is 1. The lowest BCUT2D eigenvalue weighted by Gasteiger charge is -2.13. The van der Waals surface area contributed by atoms with Crippen LogP contribution in [0.5, 0.6) is 0 Å². The first-order valence-electron chi connectivity index (χ1n) is 10.5. The molecule has 0 spiro atoms. The molecular weight excluding hydrogens is 404 g/mol. The normalized spacial score (nSPS) is 11.5. The molecule has 0 aliphatic rings. The Kier molecular flexibility index (Phi) is 5.85. The molecule has 1 amide bonds. The van der Waals surface area contributed by atoms with Crippen LogP contribution in [0.3, 0.4) is 0 Å². The van der Waals surface area contributed by atoms with Crippen molar-refractivity contribution < 1.29 is 9.21 Å². The summed E-state index contributed by atoms with van der Waals surface area (Å²) in [6, 6.07) is 11.6. The summed E-state index contributed by atoms with van der Waals surface area (Å²) < 4.78 is 7.38. The van der Waals surface area contributed by atoms with Crippen LogP contribution in [0.2, 0.25) is 0 Å². The number of carbonyl (C=O) groups is 1. The van der Waals surface area contributed by atoms with Crippen LogP contribution in [-0.4, -0.2) is 30.6 Å². The van der Waals surface area contributed by atoms with Crippen molar-refractivity contribution in [3.8, 4) is 17.3 Å². The molecule has 3 heterocycles. The number of nitrogens with zero attached hydrogens (tertiary/aromatic N) is 5. The molecule has 0 fully saturated rings. The number of aromatic nitrogens is 5. The van der Waals surface area contributed by atoms with Crippen LogP contribution in [0.1, 0.15) is 44.3 Å². The number of anilines is 1. The van der Waals surface area contributed by atoms with E-state index >= 15 is 0 Å². The van der Waals surface area contributed by atoms with Gasteiger partial charge in [0.25, 0.3) is 5.95 Å². The van der Waals surface area contributed by atoms with E-state index in [0.29, 0.717) is 29.8 Å². The SMILES string of the molecule is Cc1ccc(-c2cnc(CCC(=O)Nc3cc(C(C)(C)C)nn3-c3ncccn3)o2)cc1. The van der Waals surface area contributed by atoms with E-state index in [1.807, 2.05) is 37.3 Å². The van der Waals surface area contributed by atoms with Crippen LogP contribution >= 0.6 is 0 Å². The second kappa shape index (κ2) is 8.74. The van der Waals surface area contributed by atoms with Crippen LogP contribution in [0.4, 0.5) is 5.82 Å². The van der Waals surface area contributed by atoms with Crippen molar-refractivity contribution in [2.45, 2.75) is 46.0 Å². The van der Waals surface area contributed by atoms with Gasteiger partial charge in [-0.15, -0.1) is 0 Å². The summed E-state index contributed by atoms with van der Waals surface area (Å²) in [7, 11) is 0. The molecule has 0 aliphatic carbocycles. The Hall–Kier alpha value is -3.81. The van der Waals surface area contributed by atoms with Gasteiger partial charge in [0, 0.05) is 42.3 Å². The lowest BCUT2D eigenvalue weighted by molar-refractivity contribution is -0.116. The van der Waals surface area contributed by atoms with E-state index in [1.54, 1.807) is 29.3 Å². The van der Waals surface area contributed by atoms with Crippen molar-refractivity contribution in [1.82, 2.24) is 24.7 Å². The van der Waals surface area contributed by atoms with Crippen LogP contribution in [-0.2, 0) is 16.6 Å². The highest BCUT2D eigenvalue weighted by molar-refractivity contribution is 5.90. The monoisotopic (exact) mass is 430 g/mol. The fourth-order valence-electron chi connectivity index (χ4n) is 3.09. The van der Waals surface area contributed by atoms with E-state index in [1.165, 1.54) is 5.56 Å². The van der Waals surface area contributed by atoms with Gasteiger partial charge in [0.1, 0.15) is 5.82 Å². The second-order valence-corrected chi connectivity index (χ2v) is 8.66. The lowest BCUT2D eigenvalue weighted by Crippen LogP contribution is -2.16. The Balaban J connectivity index is 1.45. The Bertz CT molecular complexity index is 1200. The summed E-state index contributed by atoms with van der Waals surface area (Å²) in [5.74, 6) is 1.96. The van der Waals surface area contributed by atoms with Gasteiger partial charge in [0.05, 0.1) is 11.9 Å². The maximum Gasteiger partial charge on any atom is 0.252 e. The van der Waals surface area contributed by atoms with Crippen molar-refractivity contribution in [3.05, 3.63) is 72.1 Å². The highest BCUT2D eigenvalue weighted by atomic mass is 16.4. The van der Waals surface area contributed by atoms with Crippen molar-refractivity contribution in [3.63, 3.8) is 0 Å². The fraction of sp³-hybridized carbons (Fsp3) is 0.292. The summed E-state index contributed by atoms with van der Waals surface area (Å²) >= 11 is 0. The Morgan fingerprint density at radius 1 is 1.09 bits per heavy atom. The first kappa shape index (κ1) is 21.4. The van der Waals surface area contributed by atoms with E-state index in [0.717, 1.165) is 11.3 Å². The van der Waals surface area contributed by atoms with Gasteiger partial charge in [0.2, 0.25) is 5.91 Å². The molecule has 0 saturated heterocycles. The first-order chi connectivity index (χ1) is 15.3. The molecule has 164 valence electrons. The Morgan fingerprint density at radius 3 is 2.50 bits per heavy atom. The standard InChI is InChI=1S/C24H26N6O2/c1-16-6-8-17(9-7-16)18-15-27-22(32-18)11-10-21(31)28-20-14-19(24(2,3)4)29-30(20)23-25-12-5-13-26-23/h5-9,12-15H,10-11H2,1-4H3,(H,28,31). The molecule has 0 bridgehead atoms. The number of rotatable bonds is 6. The summed E-state index contributed by atoms with van der Waals surface area (Å²) in [6.07, 6.45) is 5.58. The smallest absolute Gasteiger partial charge is 0.252 e. The summed E-state index contributed by atoms with van der Waals surface area (Å²) in [5.41, 5.74) is 2.78. The van der Waals surface area contributed by atoms with E-state index < -0.39 is 0 Å². The molecule has 0 unspecified atom stereocenters. The largest absolute Gasteiger partial charge is 0.441 e. The number of benzene rings is 1. The number of hydrogen-bond donors (Lipinski definition) is 1. The zero-order valence-electron chi connectivity index (χ0n) is 18.7. The van der Waals surface area contributed by atoms with Crippen molar-refractivity contribution in [1.29, 1.82) is 0 Å². The third-order valence-electron chi connectivity index (χ3n) is 4.94. The molecule has 4 rings (SSSR count). The molecule has 0 atom stereocenters. The maximum absolute atomic E-state index is 12.7. The third kappa shape index (κ3) is 4.91. The maximum atomic E-state index is 12.7. The fourth-order valence-corrected chi connectivity index (χ4v) is 3.09. The highest BCUT2D eigenvalue weighted by Gasteiger charge is 2.22. The topological polar surface area (TPSA) is 98.7 Å². The van der Waals surface area contributed by atoms with Crippen molar-refractivity contribution in [2.75, 3.05) is 5.32 Å². The summed E-state index contributed by atoms with van der Waals surface area (Å²) in [4.78, 5) is 25.5. The average Bonchev–Trinajstić information content (AvgIpc) is 3.41. The van der Waals surface area contributed by atoms with Gasteiger partial charge in [-0.1, -0.05) is 50.6 Å². The van der Waals surface area contributed by atoms with E-state index in [9.17, 15) is 4.79 Å². The van der Waals surface area contributed by atoms with Crippen LogP contribution < -0.4 is 5.32 Å². The summed E-state index contributed by atoms with van der Waals surface area (Å²) in [5, 5.41) is 7.54. The Morgan fingerprint density at radius 2 is 1.81 bits per heavy atom. The highest BCUT2D eigenvalue weighted by Crippen LogP contribution is 2.26. The molecule has 1 N–H and O–H groups in total. The Labute approximate surface area is 186 Å². The zero-order valence-corrected chi connectivity index (χ0v) is 18.7. The van der Waals surface area contributed by atoms with Crippen LogP contribution in [0.25, 0.3) is 17.3 Å². The predicted octanol–water partition coefficient (Wildman–Crippen LogP) is 4.49. The average molecular weight is 431 g/mol. The molecule has 8 heteroatoms. The molecule has 4 aromatic rings. The molecule has 8 nitrogen and oxygen atoms in total. The molecular formula is C24H26N6O2. The molecule has 0 radical (unpaired) electrons. The van der Waals surface area contributed by atoms with Gasteiger partial charge in [-0.2, -0.15) is 9.78 Å². The molecule has 3 aromatic heterocycles. The molecule has 1 aromatic carbocycles. The van der Waals surface area contributed by atoms with Gasteiger partial charge in [-0.05, 0) is 13.0 Å². The van der Waals surface area contributed by atoms with Gasteiger partial charge < -0.3 is 9.73 Å². The minimum Gasteiger partial charge on any atom is -0.441 e. The molecule has 32 heavy (non-hydrogen) atoms. The minimum atomic E-state index is -0.191. The lowest BCUT2D eigenvalue weighted by atomic mass is 9.92. The van der Waals surface area contributed by atoms with Gasteiger partial charge in [-0.25, -0.2) is 15.0 Å². The van der Waals surface area contributed by atoms with Gasteiger partial charge in [0.15, 0.2) is 11.7 Å². The summed E-state index contributed by atoms with van der Waals surface area (Å²) in [6.45, 7) is 8.22. The van der Waals surface area contributed by atoms with Crippen molar-refractivity contribution >= 4 is 11.7 Å². The van der Waals surface area contributed by atoms with Crippen LogP contribution in [0, 0.1) is 6.92 Å². The van der Waals surface area contributed by atoms with E-state index in [2.05, 4.69) is 46.1 Å². The van der Waals surface area contributed by atoms with Crippen molar-refractivity contribution in [2.24, 2.45) is 0 Å². The molecule has 0 saturated carbocycles. The van der Waals surface area contributed by atoms with Gasteiger partial charge in [-0.3, -0.25) is 4.79 Å². The second-order valence-electron chi connectivity index (χ2n) is 8.66.